The molecule has 114 valence electrons. The molecule has 1 heterocycles. The Morgan fingerprint density at radius 3 is 1.84 bits per heavy atom. The third-order valence-corrected chi connectivity index (χ3v) is 4.64. The lowest BCUT2D eigenvalue weighted by molar-refractivity contribution is -0.0557. The average Bonchev–Trinajstić information content (AvgIpc) is 2.38. The Labute approximate surface area is 120 Å². The zero-order chi connectivity index (χ0) is 14.1. The summed E-state index contributed by atoms with van der Waals surface area (Å²) in [5, 5.41) is 3.27. The highest BCUT2D eigenvalue weighted by Gasteiger charge is 2.38. The normalized spacial score (nSPS) is 20.5. The highest BCUT2D eigenvalue weighted by Crippen LogP contribution is 2.31. The second-order valence-electron chi connectivity index (χ2n) is 6.40. The molecule has 0 amide bonds. The monoisotopic (exact) mass is 269 g/mol. The van der Waals surface area contributed by atoms with E-state index in [2.05, 4.69) is 31.0 Å². The SMILES string of the molecule is CCCCCCC(C)(CCCCCC)N1CNC1N. The van der Waals surface area contributed by atoms with Gasteiger partial charge in [-0.05, 0) is 19.8 Å². The fourth-order valence-corrected chi connectivity index (χ4v) is 3.09. The molecule has 0 aromatic rings. The van der Waals surface area contributed by atoms with Crippen LogP contribution < -0.4 is 11.1 Å². The van der Waals surface area contributed by atoms with E-state index in [1.807, 2.05) is 0 Å². The summed E-state index contributed by atoms with van der Waals surface area (Å²) in [6, 6.07) is 0. The van der Waals surface area contributed by atoms with Crippen LogP contribution >= 0.6 is 0 Å². The van der Waals surface area contributed by atoms with Gasteiger partial charge in [-0.2, -0.15) is 0 Å². The Morgan fingerprint density at radius 1 is 1.00 bits per heavy atom. The van der Waals surface area contributed by atoms with Crippen molar-refractivity contribution >= 4 is 0 Å². The van der Waals surface area contributed by atoms with Gasteiger partial charge in [-0.3, -0.25) is 10.2 Å². The topological polar surface area (TPSA) is 41.3 Å². The zero-order valence-corrected chi connectivity index (χ0v) is 13.4. The fourth-order valence-electron chi connectivity index (χ4n) is 3.09. The molecule has 1 rings (SSSR count). The molecular formula is C16H35N3. The Hall–Kier alpha value is -0.120. The van der Waals surface area contributed by atoms with Gasteiger partial charge in [0.1, 0.15) is 6.29 Å². The predicted molar refractivity (Wildman–Crippen MR) is 83.7 cm³/mol. The molecule has 1 aliphatic rings. The molecule has 0 spiro atoms. The van der Waals surface area contributed by atoms with Crippen molar-refractivity contribution in [1.82, 2.24) is 10.2 Å². The summed E-state index contributed by atoms with van der Waals surface area (Å²) < 4.78 is 0. The summed E-state index contributed by atoms with van der Waals surface area (Å²) >= 11 is 0. The Bertz CT molecular complexity index is 218. The number of hydrogen-bond acceptors (Lipinski definition) is 3. The van der Waals surface area contributed by atoms with Crippen molar-refractivity contribution in [2.45, 2.75) is 96.8 Å². The first kappa shape index (κ1) is 16.9. The first-order chi connectivity index (χ1) is 9.14. The highest BCUT2D eigenvalue weighted by atomic mass is 15.5. The van der Waals surface area contributed by atoms with E-state index < -0.39 is 0 Å². The van der Waals surface area contributed by atoms with Crippen molar-refractivity contribution in [2.24, 2.45) is 5.73 Å². The van der Waals surface area contributed by atoms with Crippen molar-refractivity contribution in [3.63, 3.8) is 0 Å². The summed E-state index contributed by atoms with van der Waals surface area (Å²) in [7, 11) is 0. The minimum absolute atomic E-state index is 0.0855. The van der Waals surface area contributed by atoms with E-state index in [9.17, 15) is 0 Å². The molecule has 1 fully saturated rings. The highest BCUT2D eigenvalue weighted by molar-refractivity contribution is 4.92. The predicted octanol–water partition coefficient (Wildman–Crippen LogP) is 3.79. The molecule has 1 aliphatic heterocycles. The molecule has 3 N–H and O–H groups in total. The maximum Gasteiger partial charge on any atom is 0.114 e. The average molecular weight is 269 g/mol. The Morgan fingerprint density at radius 2 is 1.53 bits per heavy atom. The lowest BCUT2D eigenvalue weighted by Gasteiger charge is -2.51. The molecule has 1 atom stereocenters. The molecule has 0 bridgehead atoms. The number of nitrogens with two attached hydrogens (primary N) is 1. The van der Waals surface area contributed by atoms with Crippen LogP contribution in [0.3, 0.4) is 0 Å². The maximum atomic E-state index is 6.08. The molecule has 0 aromatic heterocycles. The van der Waals surface area contributed by atoms with Gasteiger partial charge >= 0.3 is 0 Å². The smallest absolute Gasteiger partial charge is 0.114 e. The van der Waals surface area contributed by atoms with Gasteiger partial charge < -0.3 is 5.73 Å². The summed E-state index contributed by atoms with van der Waals surface area (Å²) in [5.74, 6) is 0. The van der Waals surface area contributed by atoms with E-state index in [0.29, 0.717) is 5.54 Å². The number of rotatable bonds is 11. The van der Waals surface area contributed by atoms with Gasteiger partial charge in [0.25, 0.3) is 0 Å². The Kier molecular flexibility index (Phi) is 7.96. The number of unbranched alkanes of at least 4 members (excludes halogenated alkanes) is 6. The molecule has 0 aliphatic carbocycles. The zero-order valence-electron chi connectivity index (χ0n) is 13.4. The minimum atomic E-state index is 0.0855. The first-order valence-corrected chi connectivity index (χ1v) is 8.39. The number of nitrogens with one attached hydrogen (secondary N) is 1. The van der Waals surface area contributed by atoms with E-state index in [1.165, 1.54) is 64.2 Å². The van der Waals surface area contributed by atoms with Crippen molar-refractivity contribution in [1.29, 1.82) is 0 Å². The molecule has 0 aromatic carbocycles. The van der Waals surface area contributed by atoms with Gasteiger partial charge in [-0.1, -0.05) is 65.2 Å². The Balaban J connectivity index is 2.37. The molecule has 19 heavy (non-hydrogen) atoms. The third-order valence-electron chi connectivity index (χ3n) is 4.64. The lowest BCUT2D eigenvalue weighted by Crippen LogP contribution is -2.72. The van der Waals surface area contributed by atoms with E-state index in [-0.39, 0.29) is 6.29 Å². The van der Waals surface area contributed by atoms with Crippen LogP contribution in [0, 0.1) is 0 Å². The molecule has 3 nitrogen and oxygen atoms in total. The summed E-state index contributed by atoms with van der Waals surface area (Å²) in [5.41, 5.74) is 6.40. The second-order valence-corrected chi connectivity index (χ2v) is 6.40. The second kappa shape index (κ2) is 8.93. The van der Waals surface area contributed by atoms with Gasteiger partial charge in [0.15, 0.2) is 0 Å². The molecular weight excluding hydrogens is 234 g/mol. The van der Waals surface area contributed by atoms with Crippen molar-refractivity contribution in [3.8, 4) is 0 Å². The van der Waals surface area contributed by atoms with E-state index >= 15 is 0 Å². The number of hydrogen-bond donors (Lipinski definition) is 2. The minimum Gasteiger partial charge on any atom is -0.303 e. The van der Waals surface area contributed by atoms with Crippen LogP contribution in [0.1, 0.15) is 85.0 Å². The van der Waals surface area contributed by atoms with Gasteiger partial charge in [0.05, 0.1) is 6.67 Å². The van der Waals surface area contributed by atoms with E-state index in [1.54, 1.807) is 0 Å². The van der Waals surface area contributed by atoms with Crippen LogP contribution in [0.5, 0.6) is 0 Å². The van der Waals surface area contributed by atoms with E-state index in [0.717, 1.165) is 6.67 Å². The molecule has 0 radical (unpaired) electrons. The van der Waals surface area contributed by atoms with Crippen LogP contribution in [0.2, 0.25) is 0 Å². The third kappa shape index (κ3) is 5.41. The van der Waals surface area contributed by atoms with Crippen molar-refractivity contribution in [2.75, 3.05) is 6.67 Å². The summed E-state index contributed by atoms with van der Waals surface area (Å²) in [6.07, 6.45) is 13.5. The van der Waals surface area contributed by atoms with Crippen LogP contribution in [-0.2, 0) is 0 Å². The van der Waals surface area contributed by atoms with Crippen molar-refractivity contribution in [3.05, 3.63) is 0 Å². The first-order valence-electron chi connectivity index (χ1n) is 8.39. The molecule has 3 heteroatoms. The van der Waals surface area contributed by atoms with Gasteiger partial charge in [-0.25, -0.2) is 0 Å². The fraction of sp³-hybridized carbons (Fsp3) is 1.00. The van der Waals surface area contributed by atoms with Crippen molar-refractivity contribution < 1.29 is 0 Å². The van der Waals surface area contributed by atoms with Crippen LogP contribution in [0.25, 0.3) is 0 Å². The standard InChI is InChI=1S/C16H35N3/c1-4-6-8-10-12-16(3,13-11-9-7-5-2)19-14-18-15(19)17/h15,18H,4-14,17H2,1-3H3. The largest absolute Gasteiger partial charge is 0.303 e. The summed E-state index contributed by atoms with van der Waals surface area (Å²) in [4.78, 5) is 2.46. The summed E-state index contributed by atoms with van der Waals surface area (Å²) in [6.45, 7) is 7.95. The van der Waals surface area contributed by atoms with Gasteiger partial charge in [0.2, 0.25) is 0 Å². The van der Waals surface area contributed by atoms with Crippen LogP contribution in [-0.4, -0.2) is 23.4 Å². The lowest BCUT2D eigenvalue weighted by atomic mass is 9.86. The quantitative estimate of drug-likeness (QED) is 0.561. The molecule has 1 saturated heterocycles. The van der Waals surface area contributed by atoms with Gasteiger partial charge in [-0.15, -0.1) is 0 Å². The molecule has 0 saturated carbocycles. The van der Waals surface area contributed by atoms with Crippen LogP contribution in [0.4, 0.5) is 0 Å². The number of nitrogens with zero attached hydrogens (tertiary/aromatic N) is 1. The van der Waals surface area contributed by atoms with Crippen LogP contribution in [0.15, 0.2) is 0 Å². The maximum absolute atomic E-state index is 6.08. The molecule has 1 unspecified atom stereocenters. The van der Waals surface area contributed by atoms with Gasteiger partial charge in [0, 0.05) is 5.54 Å². The van der Waals surface area contributed by atoms with E-state index in [4.69, 9.17) is 5.73 Å².